The number of hydrogen-bond donors (Lipinski definition) is 2. The zero-order valence-electron chi connectivity index (χ0n) is 18.7. The second-order valence-electron chi connectivity index (χ2n) is 7.51. The molecule has 0 spiro atoms. The smallest absolute Gasteiger partial charge is 0.250 e. The molecule has 2 aromatic carbocycles. The van der Waals surface area contributed by atoms with E-state index in [9.17, 15) is 13.2 Å². The van der Waals surface area contributed by atoms with Crippen molar-refractivity contribution >= 4 is 45.0 Å². The molecule has 0 aliphatic carbocycles. The van der Waals surface area contributed by atoms with Gasteiger partial charge in [0, 0.05) is 37.9 Å². The van der Waals surface area contributed by atoms with Crippen molar-refractivity contribution < 1.29 is 17.9 Å². The Morgan fingerprint density at radius 1 is 1.06 bits per heavy atom. The Bertz CT molecular complexity index is 1090. The summed E-state index contributed by atoms with van der Waals surface area (Å²) in [6.07, 6.45) is 3.06. The van der Waals surface area contributed by atoms with Gasteiger partial charge in [-0.25, -0.2) is 8.42 Å². The minimum atomic E-state index is -3.53. The van der Waals surface area contributed by atoms with E-state index in [-0.39, 0.29) is 15.9 Å². The van der Waals surface area contributed by atoms with Crippen LogP contribution in [0, 0.1) is 0 Å². The van der Waals surface area contributed by atoms with Gasteiger partial charge in [0.25, 0.3) is 0 Å². The van der Waals surface area contributed by atoms with Crippen LogP contribution in [0.3, 0.4) is 0 Å². The minimum Gasteiger partial charge on any atom is -0.494 e. The van der Waals surface area contributed by atoms with Crippen molar-refractivity contribution in [1.82, 2.24) is 14.5 Å². The number of likely N-dealkylation sites (N-methyl/N-ethyl adjacent to an activating group) is 1. The molecular formula is C23H28N4O4S2. The first-order chi connectivity index (χ1) is 15.8. The van der Waals surface area contributed by atoms with Gasteiger partial charge >= 0.3 is 0 Å². The lowest BCUT2D eigenvalue weighted by Gasteiger charge is -2.31. The molecule has 0 radical (unpaired) electrons. The van der Waals surface area contributed by atoms with E-state index < -0.39 is 10.0 Å². The number of carbonyl (C=O) groups excluding carboxylic acids is 1. The molecule has 0 atom stereocenters. The van der Waals surface area contributed by atoms with Crippen LogP contribution in [0.2, 0.25) is 0 Å². The molecule has 3 rings (SSSR count). The number of nitrogens with one attached hydrogen (secondary N) is 2. The largest absolute Gasteiger partial charge is 0.494 e. The van der Waals surface area contributed by atoms with E-state index in [0.717, 1.165) is 11.3 Å². The molecule has 1 amide bonds. The van der Waals surface area contributed by atoms with E-state index in [1.54, 1.807) is 18.2 Å². The Morgan fingerprint density at radius 2 is 1.70 bits per heavy atom. The van der Waals surface area contributed by atoms with Crippen LogP contribution in [0.15, 0.2) is 59.5 Å². The Labute approximate surface area is 200 Å². The Kier molecular flexibility index (Phi) is 8.56. The van der Waals surface area contributed by atoms with Crippen LogP contribution in [-0.2, 0) is 14.8 Å². The second kappa shape index (κ2) is 11.4. The first-order valence-electron chi connectivity index (χ1n) is 10.6. The third-order valence-corrected chi connectivity index (χ3v) is 7.18. The number of sulfonamides is 1. The number of amides is 1. The van der Waals surface area contributed by atoms with Crippen LogP contribution >= 0.6 is 12.2 Å². The maximum absolute atomic E-state index is 12.8. The lowest BCUT2D eigenvalue weighted by molar-refractivity contribution is -0.115. The SMILES string of the molecule is CCOc1ccc(/C=C/C(=O)NC(=S)Nc2ccc(S(=O)(=O)N3CCN(C)CC3)cc2)cc1. The topological polar surface area (TPSA) is 91.0 Å². The van der Waals surface area contributed by atoms with Gasteiger partial charge in [0.05, 0.1) is 11.5 Å². The fraction of sp³-hybridized carbons (Fsp3) is 0.304. The van der Waals surface area contributed by atoms with Crippen molar-refractivity contribution in [3.8, 4) is 5.75 Å². The van der Waals surface area contributed by atoms with Crippen LogP contribution in [0.1, 0.15) is 12.5 Å². The molecule has 1 aliphatic heterocycles. The maximum atomic E-state index is 12.8. The van der Waals surface area contributed by atoms with Crippen LogP contribution < -0.4 is 15.4 Å². The van der Waals surface area contributed by atoms with Gasteiger partial charge in [-0.2, -0.15) is 4.31 Å². The standard InChI is InChI=1S/C23H28N4O4S2/c1-3-31-20-9-4-18(5-10-20)6-13-22(28)25-23(32)24-19-7-11-21(12-8-19)33(29,30)27-16-14-26(2)15-17-27/h4-13H,3,14-17H2,1-2H3,(H2,24,25,28,32)/b13-6+. The number of carbonyl (C=O) groups is 1. The first-order valence-corrected chi connectivity index (χ1v) is 12.4. The molecule has 0 aromatic heterocycles. The number of thiocarbonyl (C=S) groups is 1. The van der Waals surface area contributed by atoms with Gasteiger partial charge in [-0.3, -0.25) is 10.1 Å². The molecule has 8 nitrogen and oxygen atoms in total. The summed E-state index contributed by atoms with van der Waals surface area (Å²) in [5.41, 5.74) is 1.43. The van der Waals surface area contributed by atoms with Gasteiger partial charge in [-0.1, -0.05) is 12.1 Å². The number of hydrogen-bond acceptors (Lipinski definition) is 6. The molecule has 33 heavy (non-hydrogen) atoms. The first kappa shape index (κ1) is 24.8. The van der Waals surface area contributed by atoms with Crippen molar-refractivity contribution in [3.05, 3.63) is 60.2 Å². The van der Waals surface area contributed by atoms with E-state index in [1.807, 2.05) is 38.2 Å². The van der Waals surface area contributed by atoms with Crippen LogP contribution in [-0.4, -0.2) is 68.5 Å². The molecule has 0 saturated carbocycles. The molecule has 2 aromatic rings. The highest BCUT2D eigenvalue weighted by Gasteiger charge is 2.27. The minimum absolute atomic E-state index is 0.117. The van der Waals surface area contributed by atoms with Gasteiger partial charge in [-0.05, 0) is 74.2 Å². The lowest BCUT2D eigenvalue weighted by atomic mass is 10.2. The molecule has 2 N–H and O–H groups in total. The zero-order valence-corrected chi connectivity index (χ0v) is 20.3. The zero-order chi connectivity index (χ0) is 23.8. The van der Waals surface area contributed by atoms with Crippen molar-refractivity contribution in [1.29, 1.82) is 0 Å². The summed E-state index contributed by atoms with van der Waals surface area (Å²) in [4.78, 5) is 14.5. The Morgan fingerprint density at radius 3 is 2.30 bits per heavy atom. The number of ether oxygens (including phenoxy) is 1. The van der Waals surface area contributed by atoms with E-state index in [4.69, 9.17) is 17.0 Å². The third-order valence-electron chi connectivity index (χ3n) is 5.07. The van der Waals surface area contributed by atoms with E-state index in [0.29, 0.717) is 38.5 Å². The molecule has 10 heteroatoms. The van der Waals surface area contributed by atoms with Crippen molar-refractivity contribution in [3.63, 3.8) is 0 Å². The number of anilines is 1. The van der Waals surface area contributed by atoms with Crippen molar-refractivity contribution in [2.24, 2.45) is 0 Å². The summed E-state index contributed by atoms with van der Waals surface area (Å²) in [5.74, 6) is 0.391. The summed E-state index contributed by atoms with van der Waals surface area (Å²) in [6, 6.07) is 13.7. The maximum Gasteiger partial charge on any atom is 0.250 e. The average molecular weight is 489 g/mol. The molecule has 0 unspecified atom stereocenters. The third kappa shape index (κ3) is 7.10. The summed E-state index contributed by atoms with van der Waals surface area (Å²) < 4.78 is 32.5. The summed E-state index contributed by atoms with van der Waals surface area (Å²) >= 11 is 5.18. The molecular weight excluding hydrogens is 460 g/mol. The summed E-state index contributed by atoms with van der Waals surface area (Å²) in [5, 5.41) is 5.58. The van der Waals surface area contributed by atoms with Gasteiger partial charge < -0.3 is 15.0 Å². The highest BCUT2D eigenvalue weighted by atomic mass is 32.2. The van der Waals surface area contributed by atoms with Crippen molar-refractivity contribution in [2.75, 3.05) is 45.2 Å². The number of nitrogens with zero attached hydrogens (tertiary/aromatic N) is 2. The Balaban J connectivity index is 1.52. The van der Waals surface area contributed by atoms with E-state index in [1.165, 1.54) is 22.5 Å². The Hall–Kier alpha value is -2.79. The molecule has 1 fully saturated rings. The van der Waals surface area contributed by atoms with Crippen LogP contribution in [0.5, 0.6) is 5.75 Å². The quantitative estimate of drug-likeness (QED) is 0.457. The monoisotopic (exact) mass is 488 g/mol. The highest BCUT2D eigenvalue weighted by molar-refractivity contribution is 7.89. The molecule has 1 heterocycles. The normalized spacial score (nSPS) is 15.3. The van der Waals surface area contributed by atoms with E-state index >= 15 is 0 Å². The predicted molar refractivity (Wildman–Crippen MR) is 134 cm³/mol. The van der Waals surface area contributed by atoms with Gasteiger partial charge in [-0.15, -0.1) is 0 Å². The van der Waals surface area contributed by atoms with Gasteiger partial charge in [0.15, 0.2) is 5.11 Å². The van der Waals surface area contributed by atoms with Gasteiger partial charge in [0.2, 0.25) is 15.9 Å². The predicted octanol–water partition coefficient (Wildman–Crippen LogP) is 2.55. The fourth-order valence-electron chi connectivity index (χ4n) is 3.22. The summed E-state index contributed by atoms with van der Waals surface area (Å²) in [6.45, 7) is 4.87. The lowest BCUT2D eigenvalue weighted by Crippen LogP contribution is -2.46. The van der Waals surface area contributed by atoms with Crippen LogP contribution in [0.4, 0.5) is 5.69 Å². The van der Waals surface area contributed by atoms with Crippen LogP contribution in [0.25, 0.3) is 6.08 Å². The number of benzene rings is 2. The van der Waals surface area contributed by atoms with E-state index in [2.05, 4.69) is 15.5 Å². The second-order valence-corrected chi connectivity index (χ2v) is 9.86. The average Bonchev–Trinajstić information content (AvgIpc) is 2.79. The fourth-order valence-corrected chi connectivity index (χ4v) is 4.86. The molecule has 0 bridgehead atoms. The molecule has 1 aliphatic rings. The number of rotatable bonds is 7. The molecule has 1 saturated heterocycles. The number of piperazine rings is 1. The highest BCUT2D eigenvalue weighted by Crippen LogP contribution is 2.19. The van der Waals surface area contributed by atoms with Crippen molar-refractivity contribution in [2.45, 2.75) is 11.8 Å². The van der Waals surface area contributed by atoms with Gasteiger partial charge in [0.1, 0.15) is 5.75 Å². The summed E-state index contributed by atoms with van der Waals surface area (Å²) in [7, 11) is -1.56. The molecule has 176 valence electrons.